The molecule has 0 atom stereocenters. The number of rotatable bonds is 4. The molecule has 4 nitrogen and oxygen atoms in total. The largest absolute Gasteiger partial charge is 0.467 e. The molecular formula is C13H10ClF3N2O2. The van der Waals surface area contributed by atoms with Gasteiger partial charge in [-0.1, -0.05) is 17.7 Å². The predicted octanol–water partition coefficient (Wildman–Crippen LogP) is 3.53. The highest BCUT2D eigenvalue weighted by molar-refractivity contribution is 6.29. The molecule has 0 spiro atoms. The lowest BCUT2D eigenvalue weighted by Gasteiger charge is -2.22. The molecule has 0 saturated carbocycles. The monoisotopic (exact) mass is 318 g/mol. The Morgan fingerprint density at radius 3 is 2.62 bits per heavy atom. The van der Waals surface area contributed by atoms with E-state index in [9.17, 15) is 18.0 Å². The van der Waals surface area contributed by atoms with Gasteiger partial charge in [0.05, 0.1) is 12.8 Å². The van der Waals surface area contributed by atoms with Crippen LogP contribution in [0.15, 0.2) is 41.0 Å². The number of amides is 1. The third-order valence-electron chi connectivity index (χ3n) is 2.52. The van der Waals surface area contributed by atoms with Crippen LogP contribution in [-0.2, 0) is 6.54 Å². The first-order chi connectivity index (χ1) is 9.85. The fourth-order valence-corrected chi connectivity index (χ4v) is 1.86. The Hall–Kier alpha value is -2.02. The van der Waals surface area contributed by atoms with E-state index >= 15 is 0 Å². The molecule has 8 heteroatoms. The van der Waals surface area contributed by atoms with Gasteiger partial charge in [-0.3, -0.25) is 4.79 Å². The van der Waals surface area contributed by atoms with Gasteiger partial charge in [-0.2, -0.15) is 13.2 Å². The van der Waals surface area contributed by atoms with Gasteiger partial charge in [0, 0.05) is 0 Å². The average molecular weight is 319 g/mol. The minimum Gasteiger partial charge on any atom is -0.467 e. The molecule has 0 N–H and O–H groups in total. The van der Waals surface area contributed by atoms with Crippen LogP contribution >= 0.6 is 11.6 Å². The van der Waals surface area contributed by atoms with Crippen molar-refractivity contribution in [3.05, 3.63) is 53.2 Å². The van der Waals surface area contributed by atoms with Gasteiger partial charge in [0.25, 0.3) is 5.91 Å². The maximum Gasteiger partial charge on any atom is 0.406 e. The lowest BCUT2D eigenvalue weighted by molar-refractivity contribution is -0.142. The molecule has 0 aliphatic heterocycles. The Labute approximate surface area is 123 Å². The molecule has 0 unspecified atom stereocenters. The molecule has 2 rings (SSSR count). The Balaban J connectivity index is 2.23. The normalized spacial score (nSPS) is 11.4. The zero-order valence-corrected chi connectivity index (χ0v) is 11.4. The van der Waals surface area contributed by atoms with Crippen molar-refractivity contribution in [1.29, 1.82) is 0 Å². The summed E-state index contributed by atoms with van der Waals surface area (Å²) in [5, 5.41) is 0.0332. The highest BCUT2D eigenvalue weighted by Gasteiger charge is 2.34. The standard InChI is InChI=1S/C13H10ClF3N2O2/c14-11-5-1-4-10(18-11)12(20)19(8-13(15,16)17)7-9-3-2-6-21-9/h1-6H,7-8H2. The average Bonchev–Trinajstić information content (AvgIpc) is 2.88. The summed E-state index contributed by atoms with van der Waals surface area (Å²) >= 11 is 5.65. The second kappa shape index (κ2) is 6.17. The van der Waals surface area contributed by atoms with Crippen LogP contribution in [0.4, 0.5) is 13.2 Å². The van der Waals surface area contributed by atoms with Crippen LogP contribution in [-0.4, -0.2) is 28.5 Å². The van der Waals surface area contributed by atoms with E-state index in [-0.39, 0.29) is 23.2 Å². The Bertz CT molecular complexity index is 614. The van der Waals surface area contributed by atoms with Gasteiger partial charge in [0.1, 0.15) is 23.2 Å². The summed E-state index contributed by atoms with van der Waals surface area (Å²) in [6.07, 6.45) is -3.20. The number of carbonyl (C=O) groups excluding carboxylic acids is 1. The summed E-state index contributed by atoms with van der Waals surface area (Å²) in [5.41, 5.74) is -0.154. The number of hydrogen-bond acceptors (Lipinski definition) is 3. The topological polar surface area (TPSA) is 46.3 Å². The lowest BCUT2D eigenvalue weighted by atomic mass is 10.3. The zero-order chi connectivity index (χ0) is 15.5. The number of carbonyl (C=O) groups is 1. The van der Waals surface area contributed by atoms with Crippen LogP contribution in [0, 0.1) is 0 Å². The third-order valence-corrected chi connectivity index (χ3v) is 2.73. The van der Waals surface area contributed by atoms with Crippen LogP contribution in [0.25, 0.3) is 0 Å². The Morgan fingerprint density at radius 1 is 1.29 bits per heavy atom. The molecule has 2 aromatic rings. The molecule has 0 aliphatic rings. The second-order valence-electron chi connectivity index (χ2n) is 4.20. The van der Waals surface area contributed by atoms with Crippen molar-refractivity contribution in [3.8, 4) is 0 Å². The summed E-state index contributed by atoms with van der Waals surface area (Å²) < 4.78 is 42.8. The van der Waals surface area contributed by atoms with E-state index in [1.807, 2.05) is 0 Å². The third kappa shape index (κ3) is 4.49. The van der Waals surface area contributed by atoms with Gasteiger partial charge in [-0.05, 0) is 24.3 Å². The molecule has 1 amide bonds. The summed E-state index contributed by atoms with van der Waals surface area (Å²) in [7, 11) is 0. The first-order valence-corrected chi connectivity index (χ1v) is 6.24. The lowest BCUT2D eigenvalue weighted by Crippen LogP contribution is -2.38. The van der Waals surface area contributed by atoms with Crippen molar-refractivity contribution >= 4 is 17.5 Å². The number of furan rings is 1. The quantitative estimate of drug-likeness (QED) is 0.810. The van der Waals surface area contributed by atoms with E-state index in [1.165, 1.54) is 36.6 Å². The molecular weight excluding hydrogens is 309 g/mol. The highest BCUT2D eigenvalue weighted by atomic mass is 35.5. The van der Waals surface area contributed by atoms with Gasteiger partial charge in [0.15, 0.2) is 0 Å². The van der Waals surface area contributed by atoms with Gasteiger partial charge < -0.3 is 9.32 Å². The number of halogens is 4. The molecule has 0 bridgehead atoms. The number of aromatic nitrogens is 1. The van der Waals surface area contributed by atoms with Gasteiger partial charge in [0.2, 0.25) is 0 Å². The van der Waals surface area contributed by atoms with Crippen molar-refractivity contribution in [3.63, 3.8) is 0 Å². The van der Waals surface area contributed by atoms with Crippen molar-refractivity contribution in [1.82, 2.24) is 9.88 Å². The molecule has 21 heavy (non-hydrogen) atoms. The fraction of sp³-hybridized carbons (Fsp3) is 0.231. The van der Waals surface area contributed by atoms with E-state index in [4.69, 9.17) is 16.0 Å². The van der Waals surface area contributed by atoms with Gasteiger partial charge in [-0.25, -0.2) is 4.98 Å². The van der Waals surface area contributed by atoms with Crippen LogP contribution in [0.1, 0.15) is 16.2 Å². The predicted molar refractivity (Wildman–Crippen MR) is 68.8 cm³/mol. The molecule has 0 saturated heterocycles. The van der Waals surface area contributed by atoms with Crippen LogP contribution < -0.4 is 0 Å². The first-order valence-electron chi connectivity index (χ1n) is 5.86. The molecule has 2 heterocycles. The van der Waals surface area contributed by atoms with Gasteiger partial charge >= 0.3 is 6.18 Å². The van der Waals surface area contributed by atoms with E-state index in [0.29, 0.717) is 4.90 Å². The van der Waals surface area contributed by atoms with E-state index < -0.39 is 18.6 Å². The number of pyridine rings is 1. The number of alkyl halides is 3. The smallest absolute Gasteiger partial charge is 0.406 e. The Kier molecular flexibility index (Phi) is 4.52. The van der Waals surface area contributed by atoms with E-state index in [0.717, 1.165) is 0 Å². The van der Waals surface area contributed by atoms with Crippen LogP contribution in [0.5, 0.6) is 0 Å². The highest BCUT2D eigenvalue weighted by Crippen LogP contribution is 2.20. The van der Waals surface area contributed by atoms with Crippen molar-refractivity contribution in [2.45, 2.75) is 12.7 Å². The molecule has 112 valence electrons. The van der Waals surface area contributed by atoms with Gasteiger partial charge in [-0.15, -0.1) is 0 Å². The number of hydrogen-bond donors (Lipinski definition) is 0. The van der Waals surface area contributed by atoms with E-state index in [1.54, 1.807) is 0 Å². The zero-order valence-electron chi connectivity index (χ0n) is 10.6. The minimum atomic E-state index is -4.53. The molecule has 0 radical (unpaired) electrons. The van der Waals surface area contributed by atoms with Crippen LogP contribution in [0.2, 0.25) is 5.15 Å². The first kappa shape index (κ1) is 15.4. The minimum absolute atomic E-state index is 0.0332. The van der Waals surface area contributed by atoms with Crippen molar-refractivity contribution in [2.24, 2.45) is 0 Å². The molecule has 0 aliphatic carbocycles. The summed E-state index contributed by atoms with van der Waals surface area (Å²) in [6, 6.07) is 7.20. The van der Waals surface area contributed by atoms with Crippen molar-refractivity contribution in [2.75, 3.05) is 6.54 Å². The van der Waals surface area contributed by atoms with E-state index in [2.05, 4.69) is 4.98 Å². The molecule has 0 fully saturated rings. The molecule has 2 aromatic heterocycles. The summed E-state index contributed by atoms with van der Waals surface area (Å²) in [6.45, 7) is -1.71. The molecule has 0 aromatic carbocycles. The second-order valence-corrected chi connectivity index (χ2v) is 4.59. The number of nitrogens with zero attached hydrogens (tertiary/aromatic N) is 2. The fourth-order valence-electron chi connectivity index (χ4n) is 1.70. The van der Waals surface area contributed by atoms with Crippen molar-refractivity contribution < 1.29 is 22.4 Å². The summed E-state index contributed by atoms with van der Waals surface area (Å²) in [5.74, 6) is -0.624. The maximum absolute atomic E-state index is 12.6. The van der Waals surface area contributed by atoms with Crippen LogP contribution in [0.3, 0.4) is 0 Å². The maximum atomic E-state index is 12.6. The Morgan fingerprint density at radius 2 is 2.05 bits per heavy atom. The summed E-state index contributed by atoms with van der Waals surface area (Å²) in [4.78, 5) is 16.5. The SMILES string of the molecule is O=C(c1cccc(Cl)n1)N(Cc1ccco1)CC(F)(F)F.